The van der Waals surface area contributed by atoms with Gasteiger partial charge in [0.2, 0.25) is 0 Å². The number of H-pyrrole nitrogens is 1. The zero-order valence-electron chi connectivity index (χ0n) is 9.99. The van der Waals surface area contributed by atoms with E-state index in [0.717, 1.165) is 10.6 Å². The van der Waals surface area contributed by atoms with Crippen molar-refractivity contribution in [3.8, 4) is 0 Å². The van der Waals surface area contributed by atoms with Gasteiger partial charge < -0.3 is 5.11 Å². The second kappa shape index (κ2) is 5.34. The second-order valence-corrected chi connectivity index (χ2v) is 8.08. The molecule has 0 saturated heterocycles. The number of nitrogens with one attached hydrogen (secondary N) is 1. The molecule has 1 aromatic heterocycles. The van der Waals surface area contributed by atoms with E-state index >= 15 is 0 Å². The molecule has 10 heteroatoms. The fourth-order valence-corrected chi connectivity index (χ4v) is 3.19. The highest BCUT2D eigenvalue weighted by Crippen LogP contribution is 2.16. The van der Waals surface area contributed by atoms with Crippen LogP contribution < -0.4 is 0 Å². The minimum atomic E-state index is -3.87. The molecule has 0 bridgehead atoms. The van der Waals surface area contributed by atoms with Gasteiger partial charge in [0.25, 0.3) is 10.0 Å². The van der Waals surface area contributed by atoms with Gasteiger partial charge in [0, 0.05) is 25.4 Å². The molecule has 2 N–H and O–H groups in total. The van der Waals surface area contributed by atoms with Crippen LogP contribution in [0.25, 0.3) is 0 Å². The van der Waals surface area contributed by atoms with Gasteiger partial charge in [0.1, 0.15) is 9.84 Å². The van der Waals surface area contributed by atoms with E-state index in [-0.39, 0.29) is 22.9 Å². The summed E-state index contributed by atoms with van der Waals surface area (Å²) in [5.74, 6) is -0.272. The van der Waals surface area contributed by atoms with Gasteiger partial charge >= 0.3 is 0 Å². The predicted molar refractivity (Wildman–Crippen MR) is 64.0 cm³/mol. The fraction of sp³-hybridized carbons (Fsp3) is 0.625. The third kappa shape index (κ3) is 3.51. The Morgan fingerprint density at radius 1 is 1.39 bits per heavy atom. The minimum Gasteiger partial charge on any atom is -0.392 e. The van der Waals surface area contributed by atoms with E-state index in [1.54, 1.807) is 0 Å². The highest BCUT2D eigenvalue weighted by molar-refractivity contribution is 7.91. The van der Waals surface area contributed by atoms with Crippen LogP contribution in [0.3, 0.4) is 0 Å². The first kappa shape index (κ1) is 15.1. The summed E-state index contributed by atoms with van der Waals surface area (Å²) in [7, 11) is -5.85. The normalized spacial score (nSPS) is 13.1. The van der Waals surface area contributed by atoms with E-state index in [4.69, 9.17) is 5.11 Å². The van der Waals surface area contributed by atoms with Crippen molar-refractivity contribution in [3.05, 3.63) is 11.8 Å². The molecule has 0 spiro atoms. The molecule has 0 fully saturated rings. The summed E-state index contributed by atoms with van der Waals surface area (Å²) in [6.45, 7) is -0.629. The van der Waals surface area contributed by atoms with Crippen LogP contribution in [0, 0.1) is 0 Å². The molecule has 18 heavy (non-hydrogen) atoms. The molecule has 0 unspecified atom stereocenters. The molecule has 0 radical (unpaired) electrons. The standard InChI is InChI=1S/C8H15N3O5S2/c1-11(3-4-17(2,13)14)18(15,16)8-7(6-12)5-9-10-8/h5,12H,3-4,6H2,1-2H3,(H,9,10). The third-order valence-electron chi connectivity index (χ3n) is 2.29. The summed E-state index contributed by atoms with van der Waals surface area (Å²) >= 11 is 0. The van der Waals surface area contributed by atoms with Crippen molar-refractivity contribution in [3.63, 3.8) is 0 Å². The Labute approximate surface area is 106 Å². The Morgan fingerprint density at radius 2 is 2.00 bits per heavy atom. The lowest BCUT2D eigenvalue weighted by molar-refractivity contribution is 0.278. The third-order valence-corrected chi connectivity index (χ3v) is 5.09. The number of hydrogen-bond donors (Lipinski definition) is 2. The highest BCUT2D eigenvalue weighted by Gasteiger charge is 2.26. The quantitative estimate of drug-likeness (QED) is 0.664. The summed E-state index contributed by atoms with van der Waals surface area (Å²) in [6, 6.07) is 0. The molecule has 1 heterocycles. The van der Waals surface area contributed by atoms with E-state index < -0.39 is 26.5 Å². The Bertz CT molecular complexity index is 604. The maximum atomic E-state index is 12.0. The number of nitrogens with zero attached hydrogens (tertiary/aromatic N) is 2. The second-order valence-electron chi connectivity index (χ2n) is 3.84. The molecule has 0 amide bonds. The maximum absolute atomic E-state index is 12.0. The van der Waals surface area contributed by atoms with Crippen molar-refractivity contribution in [1.82, 2.24) is 14.5 Å². The first-order chi connectivity index (χ1) is 8.18. The van der Waals surface area contributed by atoms with Crippen molar-refractivity contribution in [1.29, 1.82) is 0 Å². The van der Waals surface area contributed by atoms with Crippen LogP contribution in [0.1, 0.15) is 5.56 Å². The molecular formula is C8H15N3O5S2. The van der Waals surface area contributed by atoms with Crippen LogP contribution in [0.4, 0.5) is 0 Å². The molecule has 1 aromatic rings. The Hall–Kier alpha value is -0.970. The number of sulfonamides is 1. The molecule has 8 nitrogen and oxygen atoms in total. The SMILES string of the molecule is CN(CCS(C)(=O)=O)S(=O)(=O)c1[nH]ncc1CO. The highest BCUT2D eigenvalue weighted by atomic mass is 32.2. The summed E-state index contributed by atoms with van der Waals surface area (Å²) < 4.78 is 47.0. The van der Waals surface area contributed by atoms with E-state index in [0.29, 0.717) is 0 Å². The molecule has 0 atom stereocenters. The molecule has 104 valence electrons. The molecule has 0 aliphatic heterocycles. The lowest BCUT2D eigenvalue weighted by atomic mass is 10.4. The van der Waals surface area contributed by atoms with Crippen LogP contribution in [-0.2, 0) is 26.5 Å². The van der Waals surface area contributed by atoms with Gasteiger partial charge in [-0.15, -0.1) is 0 Å². The van der Waals surface area contributed by atoms with Crippen LogP contribution in [0.15, 0.2) is 11.2 Å². The van der Waals surface area contributed by atoms with Crippen molar-refractivity contribution < 1.29 is 21.9 Å². The predicted octanol–water partition coefficient (Wildman–Crippen LogP) is -1.43. The number of hydrogen-bond acceptors (Lipinski definition) is 6. The summed E-state index contributed by atoms with van der Waals surface area (Å²) in [6.07, 6.45) is 2.24. The lowest BCUT2D eigenvalue weighted by Gasteiger charge is -2.15. The average molecular weight is 297 g/mol. The number of aromatic nitrogens is 2. The molecule has 0 aliphatic rings. The summed E-state index contributed by atoms with van der Waals surface area (Å²) in [5, 5.41) is 14.6. The van der Waals surface area contributed by atoms with E-state index in [9.17, 15) is 16.8 Å². The molecule has 0 aromatic carbocycles. The first-order valence-corrected chi connectivity index (χ1v) is 8.45. The van der Waals surface area contributed by atoms with Crippen LogP contribution in [0.5, 0.6) is 0 Å². The van der Waals surface area contributed by atoms with Gasteiger partial charge in [-0.25, -0.2) is 16.8 Å². The average Bonchev–Trinajstić information content (AvgIpc) is 2.73. The topological polar surface area (TPSA) is 120 Å². The number of sulfone groups is 1. The number of aliphatic hydroxyl groups is 1. The van der Waals surface area contributed by atoms with Crippen molar-refractivity contribution >= 4 is 19.9 Å². The van der Waals surface area contributed by atoms with Gasteiger partial charge in [-0.05, 0) is 0 Å². The van der Waals surface area contributed by atoms with Gasteiger partial charge in [0.05, 0.1) is 18.6 Å². The molecule has 1 rings (SSSR count). The number of rotatable bonds is 6. The smallest absolute Gasteiger partial charge is 0.260 e. The van der Waals surface area contributed by atoms with Crippen molar-refractivity contribution in [2.45, 2.75) is 11.6 Å². The molecule has 0 saturated carbocycles. The van der Waals surface area contributed by atoms with Crippen molar-refractivity contribution in [2.24, 2.45) is 0 Å². The van der Waals surface area contributed by atoms with Gasteiger partial charge in [-0.1, -0.05) is 0 Å². The van der Waals surface area contributed by atoms with E-state index in [1.807, 2.05) is 0 Å². The molecular weight excluding hydrogens is 282 g/mol. The zero-order chi connectivity index (χ0) is 14.0. The summed E-state index contributed by atoms with van der Waals surface area (Å²) in [5.41, 5.74) is 0.140. The van der Waals surface area contributed by atoms with Gasteiger partial charge in [-0.3, -0.25) is 5.10 Å². The zero-order valence-corrected chi connectivity index (χ0v) is 11.6. The van der Waals surface area contributed by atoms with Gasteiger partial charge in [-0.2, -0.15) is 9.40 Å². The van der Waals surface area contributed by atoms with Crippen LogP contribution in [-0.4, -0.2) is 62.0 Å². The van der Waals surface area contributed by atoms with Gasteiger partial charge in [0.15, 0.2) is 5.03 Å². The fourth-order valence-electron chi connectivity index (χ4n) is 1.21. The van der Waals surface area contributed by atoms with Crippen LogP contribution >= 0.6 is 0 Å². The maximum Gasteiger partial charge on any atom is 0.260 e. The summed E-state index contributed by atoms with van der Waals surface area (Å²) in [4.78, 5) is 0. The Kier molecular flexibility index (Phi) is 4.48. The van der Waals surface area contributed by atoms with E-state index in [1.165, 1.54) is 13.2 Å². The number of aromatic amines is 1. The Balaban J connectivity index is 2.94. The Morgan fingerprint density at radius 3 is 2.50 bits per heavy atom. The number of aliphatic hydroxyl groups excluding tert-OH is 1. The monoisotopic (exact) mass is 297 g/mol. The van der Waals surface area contributed by atoms with Crippen LogP contribution in [0.2, 0.25) is 0 Å². The minimum absolute atomic E-state index is 0.140. The van der Waals surface area contributed by atoms with Crippen molar-refractivity contribution in [2.75, 3.05) is 25.6 Å². The lowest BCUT2D eigenvalue weighted by Crippen LogP contribution is -2.32. The molecule has 0 aliphatic carbocycles. The largest absolute Gasteiger partial charge is 0.392 e. The first-order valence-electron chi connectivity index (χ1n) is 4.95. The van der Waals surface area contributed by atoms with E-state index in [2.05, 4.69) is 10.2 Å².